The Bertz CT molecular complexity index is 750. The fraction of sp³-hybridized carbons (Fsp3) is 0.632. The minimum atomic E-state index is -3.43. The fourth-order valence-corrected chi connectivity index (χ4v) is 5.25. The average molecular weight is 396 g/mol. The molecule has 0 radical (unpaired) electrons. The molecule has 2 fully saturated rings. The summed E-state index contributed by atoms with van der Waals surface area (Å²) in [5, 5.41) is 2.89. The molecule has 1 aromatic rings. The Morgan fingerprint density at radius 2 is 1.67 bits per heavy atom. The highest BCUT2D eigenvalue weighted by atomic mass is 32.2. The lowest BCUT2D eigenvalue weighted by Crippen LogP contribution is -2.52. The monoisotopic (exact) mass is 395 g/mol. The number of hydrogen-bond acceptors (Lipinski definition) is 5. The van der Waals surface area contributed by atoms with E-state index in [9.17, 15) is 13.2 Å². The molecule has 0 aliphatic carbocycles. The van der Waals surface area contributed by atoms with Crippen molar-refractivity contribution in [2.24, 2.45) is 0 Å². The molecule has 1 aromatic carbocycles. The first-order valence-electron chi connectivity index (χ1n) is 9.58. The summed E-state index contributed by atoms with van der Waals surface area (Å²) < 4.78 is 32.4. The van der Waals surface area contributed by atoms with E-state index in [1.807, 2.05) is 20.8 Å². The molecule has 0 aromatic heterocycles. The Balaban J connectivity index is 1.63. The third-order valence-corrected chi connectivity index (χ3v) is 7.11. The number of amides is 1. The van der Waals surface area contributed by atoms with Gasteiger partial charge in [-0.1, -0.05) is 0 Å². The van der Waals surface area contributed by atoms with E-state index in [-0.39, 0.29) is 29.1 Å². The highest BCUT2D eigenvalue weighted by molar-refractivity contribution is 7.89. The van der Waals surface area contributed by atoms with E-state index in [4.69, 9.17) is 4.74 Å². The first-order valence-corrected chi connectivity index (χ1v) is 11.0. The van der Waals surface area contributed by atoms with Crippen molar-refractivity contribution in [3.8, 4) is 0 Å². The number of nitrogens with zero attached hydrogens (tertiary/aromatic N) is 2. The van der Waals surface area contributed by atoms with Crippen molar-refractivity contribution in [1.82, 2.24) is 9.21 Å². The Morgan fingerprint density at radius 1 is 1.11 bits per heavy atom. The van der Waals surface area contributed by atoms with Gasteiger partial charge in [0, 0.05) is 31.9 Å². The summed E-state index contributed by atoms with van der Waals surface area (Å²) in [4.78, 5) is 15.0. The Hall–Kier alpha value is -1.48. The predicted octanol–water partition coefficient (Wildman–Crippen LogP) is 1.91. The van der Waals surface area contributed by atoms with Gasteiger partial charge in [0.25, 0.3) is 0 Å². The zero-order valence-corrected chi connectivity index (χ0v) is 17.0. The first kappa shape index (κ1) is 20.3. The molecule has 2 aliphatic heterocycles. The molecule has 150 valence electrons. The van der Waals surface area contributed by atoms with Gasteiger partial charge in [-0.2, -0.15) is 4.31 Å². The molecule has 1 amide bonds. The number of carbonyl (C=O) groups is 1. The van der Waals surface area contributed by atoms with E-state index >= 15 is 0 Å². The third-order valence-electron chi connectivity index (χ3n) is 5.20. The summed E-state index contributed by atoms with van der Waals surface area (Å²) in [6.45, 7) is 8.48. The van der Waals surface area contributed by atoms with Crippen LogP contribution >= 0.6 is 0 Å². The van der Waals surface area contributed by atoms with Crippen molar-refractivity contribution >= 4 is 21.6 Å². The summed E-state index contributed by atoms with van der Waals surface area (Å²) in [5.41, 5.74) is 0.599. The molecule has 0 unspecified atom stereocenters. The van der Waals surface area contributed by atoms with Crippen molar-refractivity contribution in [2.75, 3.05) is 31.5 Å². The van der Waals surface area contributed by atoms with Crippen LogP contribution in [0.4, 0.5) is 5.69 Å². The van der Waals surface area contributed by atoms with Crippen LogP contribution in [-0.2, 0) is 19.6 Å². The second kappa shape index (κ2) is 8.26. The largest absolute Gasteiger partial charge is 0.373 e. The van der Waals surface area contributed by atoms with Crippen molar-refractivity contribution in [2.45, 2.75) is 56.8 Å². The van der Waals surface area contributed by atoms with Crippen LogP contribution in [0.15, 0.2) is 29.2 Å². The number of benzene rings is 1. The van der Waals surface area contributed by atoms with Crippen molar-refractivity contribution < 1.29 is 17.9 Å². The van der Waals surface area contributed by atoms with Crippen molar-refractivity contribution in [3.05, 3.63) is 24.3 Å². The maximum atomic E-state index is 12.6. The second-order valence-electron chi connectivity index (χ2n) is 7.51. The van der Waals surface area contributed by atoms with Crippen LogP contribution in [-0.4, -0.2) is 68.0 Å². The third kappa shape index (κ3) is 4.68. The Kier molecular flexibility index (Phi) is 6.20. The lowest BCUT2D eigenvalue weighted by atomic mass is 10.1. The zero-order valence-electron chi connectivity index (χ0n) is 16.2. The number of nitrogens with one attached hydrogen (secondary N) is 1. The number of hydrogen-bond donors (Lipinski definition) is 1. The number of rotatable bonds is 5. The first-order chi connectivity index (χ1) is 12.8. The van der Waals surface area contributed by atoms with E-state index in [1.54, 1.807) is 24.3 Å². The van der Waals surface area contributed by atoms with Crippen LogP contribution in [0.3, 0.4) is 0 Å². The van der Waals surface area contributed by atoms with Crippen molar-refractivity contribution in [1.29, 1.82) is 0 Å². The number of carbonyl (C=O) groups excluding carboxylic acids is 1. The van der Waals surface area contributed by atoms with Crippen LogP contribution in [0.5, 0.6) is 0 Å². The van der Waals surface area contributed by atoms with Crippen LogP contribution in [0.1, 0.15) is 33.6 Å². The normalized spacial score (nSPS) is 26.0. The number of ether oxygens (including phenoxy) is 1. The predicted molar refractivity (Wildman–Crippen MR) is 104 cm³/mol. The van der Waals surface area contributed by atoms with Gasteiger partial charge in [-0.15, -0.1) is 0 Å². The summed E-state index contributed by atoms with van der Waals surface area (Å²) in [7, 11) is -3.43. The van der Waals surface area contributed by atoms with Gasteiger partial charge in [0.05, 0.1) is 23.1 Å². The number of anilines is 1. The quantitative estimate of drug-likeness (QED) is 0.824. The maximum absolute atomic E-state index is 12.6. The van der Waals surface area contributed by atoms with Gasteiger partial charge in [-0.05, 0) is 57.9 Å². The zero-order chi connectivity index (χ0) is 19.6. The molecular weight excluding hydrogens is 366 g/mol. The van der Waals surface area contributed by atoms with E-state index < -0.39 is 10.0 Å². The Morgan fingerprint density at radius 3 is 2.22 bits per heavy atom. The van der Waals surface area contributed by atoms with Crippen molar-refractivity contribution in [3.63, 3.8) is 0 Å². The standard InChI is InChI=1S/C19H29N3O4S/c1-14-12-21(13-15(2)26-14)16(3)19(23)20-17-6-8-18(9-7-17)27(24,25)22-10-4-5-11-22/h6-9,14-16H,4-5,10-13H2,1-3H3,(H,20,23)/t14-,15-,16-/m1/s1. The van der Waals surface area contributed by atoms with E-state index in [2.05, 4.69) is 10.2 Å². The summed E-state index contributed by atoms with van der Waals surface area (Å²) in [6, 6.07) is 6.14. The van der Waals surface area contributed by atoms with Gasteiger partial charge in [-0.25, -0.2) is 8.42 Å². The lowest BCUT2D eigenvalue weighted by molar-refractivity contribution is -0.126. The topological polar surface area (TPSA) is 79.0 Å². The van der Waals surface area contributed by atoms with Gasteiger partial charge in [0.2, 0.25) is 15.9 Å². The van der Waals surface area contributed by atoms with Gasteiger partial charge >= 0.3 is 0 Å². The van der Waals surface area contributed by atoms with E-state index in [0.717, 1.165) is 12.8 Å². The van der Waals surface area contributed by atoms with Gasteiger partial charge in [0.1, 0.15) is 0 Å². The van der Waals surface area contributed by atoms with Gasteiger partial charge in [0.15, 0.2) is 0 Å². The second-order valence-corrected chi connectivity index (χ2v) is 9.45. The van der Waals surface area contributed by atoms with Gasteiger partial charge < -0.3 is 10.1 Å². The molecular formula is C19H29N3O4S. The summed E-state index contributed by atoms with van der Waals surface area (Å²) >= 11 is 0. The van der Waals surface area contributed by atoms with Crippen LogP contribution in [0.25, 0.3) is 0 Å². The van der Waals surface area contributed by atoms with Crippen LogP contribution in [0, 0.1) is 0 Å². The molecule has 8 heteroatoms. The fourth-order valence-electron chi connectivity index (χ4n) is 3.73. The molecule has 3 atom stereocenters. The molecule has 0 bridgehead atoms. The molecule has 3 rings (SSSR count). The Labute approximate surface area is 161 Å². The number of sulfonamides is 1. The molecule has 0 saturated carbocycles. The van der Waals surface area contributed by atoms with E-state index in [1.165, 1.54) is 4.31 Å². The highest BCUT2D eigenvalue weighted by Gasteiger charge is 2.30. The molecule has 2 saturated heterocycles. The van der Waals surface area contributed by atoms with Crippen LogP contribution in [0.2, 0.25) is 0 Å². The molecule has 1 N–H and O–H groups in total. The molecule has 0 spiro atoms. The minimum Gasteiger partial charge on any atom is -0.373 e. The lowest BCUT2D eigenvalue weighted by Gasteiger charge is -2.38. The molecule has 2 heterocycles. The minimum absolute atomic E-state index is 0.0964. The maximum Gasteiger partial charge on any atom is 0.243 e. The average Bonchev–Trinajstić information content (AvgIpc) is 3.16. The SMILES string of the molecule is C[C@@H]1CN([C@H](C)C(=O)Nc2ccc(S(=O)(=O)N3CCCC3)cc2)C[C@@H](C)O1. The summed E-state index contributed by atoms with van der Waals surface area (Å²) in [5.74, 6) is -0.105. The smallest absolute Gasteiger partial charge is 0.243 e. The highest BCUT2D eigenvalue weighted by Crippen LogP contribution is 2.22. The van der Waals surface area contributed by atoms with E-state index in [0.29, 0.717) is 31.9 Å². The molecule has 7 nitrogen and oxygen atoms in total. The molecule has 27 heavy (non-hydrogen) atoms. The summed E-state index contributed by atoms with van der Waals surface area (Å²) in [6.07, 6.45) is 2.01. The molecule has 2 aliphatic rings. The number of morpholine rings is 1. The van der Waals surface area contributed by atoms with Gasteiger partial charge in [-0.3, -0.25) is 9.69 Å². The van der Waals surface area contributed by atoms with Crippen LogP contribution < -0.4 is 5.32 Å².